The van der Waals surface area contributed by atoms with E-state index in [1.54, 1.807) is 19.4 Å². The summed E-state index contributed by atoms with van der Waals surface area (Å²) < 4.78 is 0. The van der Waals surface area contributed by atoms with E-state index in [0.717, 1.165) is 22.2 Å². The normalized spacial score (nSPS) is 10.6. The number of fused-ring (bicyclic) bond motifs is 1. The lowest BCUT2D eigenvalue weighted by Crippen LogP contribution is -2.23. The van der Waals surface area contributed by atoms with E-state index in [9.17, 15) is 9.59 Å². The van der Waals surface area contributed by atoms with Crippen LogP contribution in [0.1, 0.15) is 27.8 Å². The summed E-state index contributed by atoms with van der Waals surface area (Å²) >= 11 is 0. The largest absolute Gasteiger partial charge is 0.354 e. The Balaban J connectivity index is 1.83. The Morgan fingerprint density at radius 1 is 0.906 bits per heavy atom. The molecule has 8 heteroatoms. The molecule has 0 fully saturated rings. The molecule has 0 aliphatic heterocycles. The van der Waals surface area contributed by atoms with Gasteiger partial charge < -0.3 is 16.0 Å². The van der Waals surface area contributed by atoms with Gasteiger partial charge in [-0.25, -0.2) is 4.98 Å². The molecule has 32 heavy (non-hydrogen) atoms. The number of nitrogens with zero attached hydrogens (tertiary/aromatic N) is 3. The Morgan fingerprint density at radius 2 is 1.72 bits per heavy atom. The molecule has 160 valence electrons. The molecule has 2 aromatic heterocycles. The van der Waals surface area contributed by atoms with Gasteiger partial charge in [-0.3, -0.25) is 19.6 Å². The van der Waals surface area contributed by atoms with Crippen LogP contribution in [0.5, 0.6) is 0 Å². The molecule has 0 aliphatic rings. The van der Waals surface area contributed by atoms with Gasteiger partial charge in [-0.1, -0.05) is 24.3 Å². The number of nitrogens with one attached hydrogen (secondary N) is 3. The summed E-state index contributed by atoms with van der Waals surface area (Å²) in [6, 6.07) is 15.3. The zero-order valence-electron chi connectivity index (χ0n) is 17.7. The Labute approximate surface area is 185 Å². The number of rotatable bonds is 6. The molecule has 0 atom stereocenters. The molecular formula is C24H22N6O2. The van der Waals surface area contributed by atoms with E-state index in [0.29, 0.717) is 23.5 Å². The molecule has 0 saturated carbocycles. The van der Waals surface area contributed by atoms with Gasteiger partial charge >= 0.3 is 0 Å². The molecular weight excluding hydrogens is 404 g/mol. The number of para-hydroxylation sites is 1. The Bertz CT molecular complexity index is 1270. The lowest BCUT2D eigenvalue weighted by molar-refractivity contribution is 0.0949. The first kappa shape index (κ1) is 20.9. The van der Waals surface area contributed by atoms with Gasteiger partial charge in [-0.2, -0.15) is 0 Å². The van der Waals surface area contributed by atoms with E-state index in [1.807, 2.05) is 55.5 Å². The second-order valence-corrected chi connectivity index (χ2v) is 7.00. The minimum atomic E-state index is -0.298. The van der Waals surface area contributed by atoms with Gasteiger partial charge in [-0.15, -0.1) is 0 Å². The first-order chi connectivity index (χ1) is 15.6. The van der Waals surface area contributed by atoms with Crippen LogP contribution in [0.4, 0.5) is 11.4 Å². The van der Waals surface area contributed by atoms with Gasteiger partial charge in [0, 0.05) is 36.4 Å². The highest BCUT2D eigenvalue weighted by Crippen LogP contribution is 2.32. The Kier molecular flexibility index (Phi) is 6.03. The number of hydrogen-bond donors (Lipinski definition) is 3. The third-order valence-electron chi connectivity index (χ3n) is 4.90. The fourth-order valence-electron chi connectivity index (χ4n) is 3.30. The third kappa shape index (κ3) is 4.24. The predicted octanol–water partition coefficient (Wildman–Crippen LogP) is 3.54. The Hall–Kier alpha value is -4.33. The monoisotopic (exact) mass is 426 g/mol. The summed E-state index contributed by atoms with van der Waals surface area (Å²) in [5.41, 5.74) is 4.32. The van der Waals surface area contributed by atoms with Crippen molar-refractivity contribution in [2.75, 3.05) is 18.9 Å². The van der Waals surface area contributed by atoms with E-state index in [2.05, 4.69) is 30.9 Å². The first-order valence-electron chi connectivity index (χ1n) is 10.2. The molecule has 8 nitrogen and oxygen atoms in total. The van der Waals surface area contributed by atoms with Crippen molar-refractivity contribution in [2.45, 2.75) is 6.92 Å². The van der Waals surface area contributed by atoms with Gasteiger partial charge in [0.05, 0.1) is 34.9 Å². The minimum absolute atomic E-state index is 0.208. The van der Waals surface area contributed by atoms with Crippen LogP contribution in [0, 0.1) is 0 Å². The molecule has 0 saturated heterocycles. The van der Waals surface area contributed by atoms with Crippen molar-refractivity contribution in [3.8, 4) is 11.3 Å². The molecule has 0 bridgehead atoms. The maximum atomic E-state index is 12.7. The van der Waals surface area contributed by atoms with E-state index >= 15 is 0 Å². The highest BCUT2D eigenvalue weighted by molar-refractivity contribution is 6.08. The summed E-state index contributed by atoms with van der Waals surface area (Å²) in [5, 5.41) is 9.51. The summed E-state index contributed by atoms with van der Waals surface area (Å²) in [5.74, 6) is -0.506. The van der Waals surface area contributed by atoms with Gasteiger partial charge in [-0.05, 0) is 31.2 Å². The highest BCUT2D eigenvalue weighted by atomic mass is 16.2. The first-order valence-corrected chi connectivity index (χ1v) is 10.2. The fraction of sp³-hybridized carbons (Fsp3) is 0.125. The van der Waals surface area contributed by atoms with Crippen molar-refractivity contribution in [3.05, 3.63) is 78.4 Å². The van der Waals surface area contributed by atoms with Crippen LogP contribution in [-0.4, -0.2) is 40.4 Å². The average Bonchev–Trinajstić information content (AvgIpc) is 2.84. The smallest absolute Gasteiger partial charge is 0.271 e. The van der Waals surface area contributed by atoms with Crippen LogP contribution in [-0.2, 0) is 0 Å². The van der Waals surface area contributed by atoms with Crippen LogP contribution in [0.25, 0.3) is 22.2 Å². The standard InChI is InChI=1S/C24H22N6O2/c1-3-26-23(31)18-12-27-19-10-9-15(20-13-29-21(14-28-20)24(32)25-2)11-17(19)22(18)30-16-7-5-4-6-8-16/h4-14H,3H2,1-2H3,(H,25,32)(H,26,31)(H,27,30). The number of anilines is 2. The van der Waals surface area contributed by atoms with Gasteiger partial charge in [0.25, 0.3) is 11.8 Å². The number of benzene rings is 2. The van der Waals surface area contributed by atoms with Crippen molar-refractivity contribution in [2.24, 2.45) is 0 Å². The van der Waals surface area contributed by atoms with Crippen molar-refractivity contribution in [1.82, 2.24) is 25.6 Å². The maximum Gasteiger partial charge on any atom is 0.271 e. The summed E-state index contributed by atoms with van der Waals surface area (Å²) in [6.07, 6.45) is 4.57. The summed E-state index contributed by atoms with van der Waals surface area (Å²) in [4.78, 5) is 37.5. The molecule has 3 N–H and O–H groups in total. The van der Waals surface area contributed by atoms with Crippen molar-refractivity contribution in [1.29, 1.82) is 0 Å². The third-order valence-corrected chi connectivity index (χ3v) is 4.90. The number of hydrogen-bond acceptors (Lipinski definition) is 6. The zero-order chi connectivity index (χ0) is 22.5. The summed E-state index contributed by atoms with van der Waals surface area (Å²) in [6.45, 7) is 2.38. The lowest BCUT2D eigenvalue weighted by atomic mass is 10.0. The van der Waals surface area contributed by atoms with Crippen LogP contribution in [0.3, 0.4) is 0 Å². The number of pyridine rings is 1. The Morgan fingerprint density at radius 3 is 2.41 bits per heavy atom. The van der Waals surface area contributed by atoms with E-state index in [1.165, 1.54) is 6.20 Å². The lowest BCUT2D eigenvalue weighted by Gasteiger charge is -2.15. The second-order valence-electron chi connectivity index (χ2n) is 7.00. The molecule has 0 radical (unpaired) electrons. The topological polar surface area (TPSA) is 109 Å². The van der Waals surface area contributed by atoms with Crippen LogP contribution < -0.4 is 16.0 Å². The highest BCUT2D eigenvalue weighted by Gasteiger charge is 2.17. The van der Waals surface area contributed by atoms with Crippen molar-refractivity contribution >= 4 is 34.1 Å². The molecule has 2 aromatic carbocycles. The summed E-state index contributed by atoms with van der Waals surface area (Å²) in [7, 11) is 1.54. The van der Waals surface area contributed by atoms with Crippen molar-refractivity contribution < 1.29 is 9.59 Å². The predicted molar refractivity (Wildman–Crippen MR) is 124 cm³/mol. The van der Waals surface area contributed by atoms with Crippen LogP contribution in [0.15, 0.2) is 67.1 Å². The quantitative estimate of drug-likeness (QED) is 0.435. The molecule has 0 spiro atoms. The number of amides is 2. The number of carbonyl (C=O) groups excluding carboxylic acids is 2. The molecule has 4 aromatic rings. The van der Waals surface area contributed by atoms with E-state index in [4.69, 9.17) is 0 Å². The average molecular weight is 426 g/mol. The SMILES string of the molecule is CCNC(=O)c1cnc2ccc(-c3cnc(C(=O)NC)cn3)cc2c1Nc1ccccc1. The number of carbonyl (C=O) groups is 2. The zero-order valence-corrected chi connectivity index (χ0v) is 17.7. The molecule has 0 aliphatic carbocycles. The van der Waals surface area contributed by atoms with E-state index in [-0.39, 0.29) is 17.5 Å². The minimum Gasteiger partial charge on any atom is -0.354 e. The van der Waals surface area contributed by atoms with E-state index < -0.39 is 0 Å². The molecule has 2 heterocycles. The maximum absolute atomic E-state index is 12.7. The molecule has 2 amide bonds. The molecule has 4 rings (SSSR count). The van der Waals surface area contributed by atoms with Crippen LogP contribution >= 0.6 is 0 Å². The van der Waals surface area contributed by atoms with Crippen LogP contribution in [0.2, 0.25) is 0 Å². The fourth-order valence-corrected chi connectivity index (χ4v) is 3.30. The number of aromatic nitrogens is 3. The van der Waals surface area contributed by atoms with Gasteiger partial charge in [0.2, 0.25) is 0 Å². The van der Waals surface area contributed by atoms with Gasteiger partial charge in [0.15, 0.2) is 0 Å². The van der Waals surface area contributed by atoms with Gasteiger partial charge in [0.1, 0.15) is 5.69 Å². The van der Waals surface area contributed by atoms with Crippen molar-refractivity contribution in [3.63, 3.8) is 0 Å². The molecule has 0 unspecified atom stereocenters. The second kappa shape index (κ2) is 9.22.